The van der Waals surface area contributed by atoms with Crippen molar-refractivity contribution in [3.05, 3.63) is 72.4 Å². The number of fused-ring (bicyclic) bond motifs is 1. The first-order chi connectivity index (χ1) is 14.2. The number of carbonyl (C=O) groups excluding carboxylic acids is 1. The van der Waals surface area contributed by atoms with Gasteiger partial charge in [-0.3, -0.25) is 9.78 Å². The van der Waals surface area contributed by atoms with Crippen LogP contribution < -0.4 is 0 Å². The van der Waals surface area contributed by atoms with Crippen molar-refractivity contribution in [2.45, 2.75) is 19.5 Å². The zero-order chi connectivity index (χ0) is 19.8. The molecule has 4 aromatic rings. The van der Waals surface area contributed by atoms with Gasteiger partial charge in [0.1, 0.15) is 23.2 Å². The predicted molar refractivity (Wildman–Crippen MR) is 105 cm³/mol. The summed E-state index contributed by atoms with van der Waals surface area (Å²) in [4.78, 5) is 19.4. The number of hydrogen-bond donors (Lipinski definition) is 0. The van der Waals surface area contributed by atoms with Crippen LogP contribution in [-0.2, 0) is 6.54 Å². The monoisotopic (exact) mass is 386 g/mol. The Bertz CT molecular complexity index is 1150. The SMILES string of the molecule is C[C@H]1CN(C(=O)c2conc2-c2ccccc2)Cc2nnc(-c3ccccn3)n21. The molecule has 5 rings (SSSR count). The van der Waals surface area contributed by atoms with Gasteiger partial charge in [0, 0.05) is 18.3 Å². The zero-order valence-electron chi connectivity index (χ0n) is 15.8. The summed E-state index contributed by atoms with van der Waals surface area (Å²) in [6.07, 6.45) is 3.14. The molecule has 4 heterocycles. The molecule has 8 heteroatoms. The molecule has 1 aliphatic heterocycles. The van der Waals surface area contributed by atoms with Gasteiger partial charge in [-0.2, -0.15) is 0 Å². The minimum absolute atomic E-state index is 0.00902. The molecule has 3 aromatic heterocycles. The second kappa shape index (κ2) is 6.97. The molecule has 1 aliphatic rings. The van der Waals surface area contributed by atoms with Gasteiger partial charge in [0.25, 0.3) is 5.91 Å². The third-order valence-electron chi connectivity index (χ3n) is 5.05. The van der Waals surface area contributed by atoms with Crippen LogP contribution in [-0.4, -0.2) is 42.3 Å². The van der Waals surface area contributed by atoms with Crippen molar-refractivity contribution in [1.82, 2.24) is 29.8 Å². The maximum Gasteiger partial charge on any atom is 0.259 e. The summed E-state index contributed by atoms with van der Waals surface area (Å²) in [5.41, 5.74) is 2.60. The van der Waals surface area contributed by atoms with E-state index in [4.69, 9.17) is 4.52 Å². The van der Waals surface area contributed by atoms with Crippen LogP contribution in [0.2, 0.25) is 0 Å². The van der Waals surface area contributed by atoms with Crippen LogP contribution in [0, 0.1) is 0 Å². The number of pyridine rings is 1. The van der Waals surface area contributed by atoms with Crippen molar-refractivity contribution in [3.63, 3.8) is 0 Å². The van der Waals surface area contributed by atoms with Crippen molar-refractivity contribution in [1.29, 1.82) is 0 Å². The van der Waals surface area contributed by atoms with Crippen molar-refractivity contribution in [2.75, 3.05) is 6.54 Å². The number of rotatable bonds is 3. The summed E-state index contributed by atoms with van der Waals surface area (Å²) >= 11 is 0. The van der Waals surface area contributed by atoms with Crippen LogP contribution >= 0.6 is 0 Å². The Labute approximate surface area is 166 Å². The first-order valence-corrected chi connectivity index (χ1v) is 9.36. The minimum atomic E-state index is -0.134. The number of nitrogens with zero attached hydrogens (tertiary/aromatic N) is 6. The molecule has 1 aromatic carbocycles. The van der Waals surface area contributed by atoms with E-state index in [1.165, 1.54) is 6.26 Å². The van der Waals surface area contributed by atoms with E-state index in [0.29, 0.717) is 24.3 Å². The molecule has 144 valence electrons. The quantitative estimate of drug-likeness (QED) is 0.537. The highest BCUT2D eigenvalue weighted by molar-refractivity contribution is 5.99. The standard InChI is InChI=1S/C21H18N6O2/c1-14-11-26(12-18-23-24-20(27(14)18)17-9-5-6-10-22-17)21(28)16-13-29-25-19(16)15-7-3-2-4-8-15/h2-10,13-14H,11-12H2,1H3/t14-/m0/s1. The molecule has 0 aliphatic carbocycles. The summed E-state index contributed by atoms with van der Waals surface area (Å²) in [6, 6.07) is 15.2. The van der Waals surface area contributed by atoms with Gasteiger partial charge in [-0.1, -0.05) is 41.6 Å². The van der Waals surface area contributed by atoms with Crippen LogP contribution in [0.15, 0.2) is 65.5 Å². The van der Waals surface area contributed by atoms with Crippen LogP contribution in [0.4, 0.5) is 0 Å². The van der Waals surface area contributed by atoms with E-state index in [2.05, 4.69) is 24.9 Å². The highest BCUT2D eigenvalue weighted by Crippen LogP contribution is 2.29. The molecule has 0 saturated heterocycles. The molecule has 0 radical (unpaired) electrons. The van der Waals surface area contributed by atoms with Crippen molar-refractivity contribution < 1.29 is 9.32 Å². The fraction of sp³-hybridized carbons (Fsp3) is 0.190. The van der Waals surface area contributed by atoms with Crippen LogP contribution in [0.5, 0.6) is 0 Å². The summed E-state index contributed by atoms with van der Waals surface area (Å²) in [6.45, 7) is 2.94. The van der Waals surface area contributed by atoms with Gasteiger partial charge in [-0.25, -0.2) is 0 Å². The van der Waals surface area contributed by atoms with Crippen LogP contribution in [0.1, 0.15) is 29.1 Å². The third kappa shape index (κ3) is 2.98. The average Bonchev–Trinajstić information content (AvgIpc) is 3.42. The Morgan fingerprint density at radius 2 is 1.93 bits per heavy atom. The lowest BCUT2D eigenvalue weighted by atomic mass is 10.1. The highest BCUT2D eigenvalue weighted by atomic mass is 16.5. The number of carbonyl (C=O) groups is 1. The highest BCUT2D eigenvalue weighted by Gasteiger charge is 2.32. The smallest absolute Gasteiger partial charge is 0.259 e. The topological polar surface area (TPSA) is 89.9 Å². The van der Waals surface area contributed by atoms with E-state index < -0.39 is 0 Å². The second-order valence-electron chi connectivity index (χ2n) is 7.00. The second-order valence-corrected chi connectivity index (χ2v) is 7.00. The molecular weight excluding hydrogens is 368 g/mol. The molecule has 0 saturated carbocycles. The summed E-state index contributed by atoms with van der Waals surface area (Å²) in [5, 5.41) is 12.7. The molecular formula is C21H18N6O2. The summed E-state index contributed by atoms with van der Waals surface area (Å²) in [5.74, 6) is 1.32. The fourth-order valence-electron chi connectivity index (χ4n) is 3.72. The first-order valence-electron chi connectivity index (χ1n) is 9.36. The minimum Gasteiger partial charge on any atom is -0.363 e. The van der Waals surface area contributed by atoms with Crippen LogP contribution in [0.25, 0.3) is 22.8 Å². The molecule has 0 fully saturated rings. The first kappa shape index (κ1) is 17.3. The summed E-state index contributed by atoms with van der Waals surface area (Å²) in [7, 11) is 0. The number of hydrogen-bond acceptors (Lipinski definition) is 6. The van der Waals surface area contributed by atoms with E-state index in [0.717, 1.165) is 22.9 Å². The van der Waals surface area contributed by atoms with E-state index in [9.17, 15) is 4.79 Å². The Hall–Kier alpha value is -3.81. The molecule has 0 spiro atoms. The molecule has 1 atom stereocenters. The lowest BCUT2D eigenvalue weighted by Gasteiger charge is -2.32. The summed E-state index contributed by atoms with van der Waals surface area (Å²) < 4.78 is 7.18. The van der Waals surface area contributed by atoms with Gasteiger partial charge < -0.3 is 14.0 Å². The van der Waals surface area contributed by atoms with E-state index >= 15 is 0 Å². The van der Waals surface area contributed by atoms with Crippen molar-refractivity contribution in [2.24, 2.45) is 0 Å². The normalized spacial score (nSPS) is 15.9. The lowest BCUT2D eigenvalue weighted by molar-refractivity contribution is 0.0682. The maximum atomic E-state index is 13.2. The molecule has 8 nitrogen and oxygen atoms in total. The third-order valence-corrected chi connectivity index (χ3v) is 5.05. The largest absolute Gasteiger partial charge is 0.363 e. The Balaban J connectivity index is 1.45. The van der Waals surface area contributed by atoms with Gasteiger partial charge in [-0.05, 0) is 19.1 Å². The van der Waals surface area contributed by atoms with E-state index in [1.54, 1.807) is 11.1 Å². The number of aromatic nitrogens is 5. The fourth-order valence-corrected chi connectivity index (χ4v) is 3.72. The van der Waals surface area contributed by atoms with Crippen molar-refractivity contribution in [3.8, 4) is 22.8 Å². The molecule has 0 unspecified atom stereocenters. The maximum absolute atomic E-state index is 13.2. The van der Waals surface area contributed by atoms with Gasteiger partial charge >= 0.3 is 0 Å². The number of benzene rings is 1. The molecule has 29 heavy (non-hydrogen) atoms. The van der Waals surface area contributed by atoms with E-state index in [-0.39, 0.29) is 11.9 Å². The van der Waals surface area contributed by atoms with Crippen molar-refractivity contribution >= 4 is 5.91 Å². The Morgan fingerprint density at radius 1 is 1.10 bits per heavy atom. The number of amides is 1. The molecule has 0 N–H and O–H groups in total. The van der Waals surface area contributed by atoms with Gasteiger partial charge in [0.2, 0.25) is 0 Å². The van der Waals surface area contributed by atoms with Gasteiger partial charge in [0.05, 0.1) is 12.6 Å². The van der Waals surface area contributed by atoms with Crippen LogP contribution in [0.3, 0.4) is 0 Å². The Morgan fingerprint density at radius 3 is 2.72 bits per heavy atom. The van der Waals surface area contributed by atoms with Gasteiger partial charge in [0.15, 0.2) is 11.6 Å². The van der Waals surface area contributed by atoms with Gasteiger partial charge in [-0.15, -0.1) is 10.2 Å². The zero-order valence-corrected chi connectivity index (χ0v) is 15.8. The van der Waals surface area contributed by atoms with E-state index in [1.807, 2.05) is 55.5 Å². The molecule has 0 bridgehead atoms. The lowest BCUT2D eigenvalue weighted by Crippen LogP contribution is -2.40. The average molecular weight is 386 g/mol. The molecule has 1 amide bonds. The Kier molecular flexibility index (Phi) is 4.16. The predicted octanol–water partition coefficient (Wildman–Crippen LogP) is 3.21.